The van der Waals surface area contributed by atoms with E-state index in [9.17, 15) is 5.26 Å². The summed E-state index contributed by atoms with van der Waals surface area (Å²) in [5, 5.41) is 10.2. The van der Waals surface area contributed by atoms with Crippen molar-refractivity contribution in [3.63, 3.8) is 0 Å². The van der Waals surface area contributed by atoms with E-state index in [1.54, 1.807) is 12.1 Å². The van der Waals surface area contributed by atoms with Crippen molar-refractivity contribution < 1.29 is 4.74 Å². The molecule has 0 radical (unpaired) electrons. The lowest BCUT2D eigenvalue weighted by Gasteiger charge is -2.17. The molecule has 2 nitrogen and oxygen atoms in total. The van der Waals surface area contributed by atoms with Crippen LogP contribution in [-0.2, 0) is 0 Å². The fourth-order valence-corrected chi connectivity index (χ4v) is 2.97. The second-order valence-corrected chi connectivity index (χ2v) is 6.02. The molecule has 1 unspecified atom stereocenters. The van der Waals surface area contributed by atoms with E-state index in [4.69, 9.17) is 16.3 Å². The summed E-state index contributed by atoms with van der Waals surface area (Å²) in [6.45, 7) is 6.72. The van der Waals surface area contributed by atoms with Crippen molar-refractivity contribution in [3.05, 3.63) is 63.7 Å². The summed E-state index contributed by atoms with van der Waals surface area (Å²) in [5.41, 5.74) is 4.71. The van der Waals surface area contributed by atoms with Crippen LogP contribution in [0.5, 0.6) is 5.75 Å². The van der Waals surface area contributed by atoms with Crippen LogP contribution in [0.1, 0.15) is 34.6 Å². The number of benzene rings is 2. The Kier molecular flexibility index (Phi) is 5.46. The van der Waals surface area contributed by atoms with Gasteiger partial charge in [-0.3, -0.25) is 0 Å². The van der Waals surface area contributed by atoms with Crippen molar-refractivity contribution in [2.24, 2.45) is 0 Å². The molecule has 0 aliphatic rings. The molecule has 0 bridgehead atoms. The van der Waals surface area contributed by atoms with Gasteiger partial charge in [-0.2, -0.15) is 5.26 Å². The largest absolute Gasteiger partial charge is 0.494 e. The fraction of sp³-hybridized carbons (Fsp3) is 0.316. The summed E-state index contributed by atoms with van der Waals surface area (Å²) < 4.78 is 5.71. The number of nitrogens with zero attached hydrogens (tertiary/aromatic N) is 1. The lowest BCUT2D eigenvalue weighted by molar-refractivity contribution is 0.305. The smallest absolute Gasteiger partial charge is 0.119 e. The molecule has 2 rings (SSSR count). The maximum atomic E-state index is 9.51. The van der Waals surface area contributed by atoms with Crippen LogP contribution in [0.25, 0.3) is 0 Å². The number of nitriles is 1. The molecule has 0 aromatic heterocycles. The van der Waals surface area contributed by atoms with Gasteiger partial charge in [0.05, 0.1) is 18.6 Å². The van der Waals surface area contributed by atoms with E-state index in [1.165, 1.54) is 16.7 Å². The summed E-state index contributed by atoms with van der Waals surface area (Å²) in [4.78, 5) is 0. The topological polar surface area (TPSA) is 33.0 Å². The number of hydrogen-bond donors (Lipinski definition) is 0. The quantitative estimate of drug-likeness (QED) is 0.746. The molecule has 114 valence electrons. The number of rotatable bonds is 5. The molecule has 1 atom stereocenters. The maximum Gasteiger partial charge on any atom is 0.119 e. The van der Waals surface area contributed by atoms with E-state index < -0.39 is 0 Å². The Balaban J connectivity index is 2.04. The average Bonchev–Trinajstić information content (AvgIpc) is 2.46. The highest BCUT2D eigenvalue weighted by atomic mass is 35.5. The first kappa shape index (κ1) is 16.4. The Morgan fingerprint density at radius 3 is 2.23 bits per heavy atom. The van der Waals surface area contributed by atoms with Gasteiger partial charge in [-0.05, 0) is 61.7 Å². The van der Waals surface area contributed by atoms with E-state index in [-0.39, 0.29) is 5.92 Å². The molecule has 3 heteroatoms. The van der Waals surface area contributed by atoms with Crippen LogP contribution in [-0.4, -0.2) is 6.61 Å². The standard InChI is InChI=1S/C19H20ClNO/c1-13-10-14(2)19(15(3)11-13)16(12-21)8-9-22-18-6-4-17(20)5-7-18/h4-7,10-11,16H,8-9H2,1-3H3. The monoisotopic (exact) mass is 313 g/mol. The second kappa shape index (κ2) is 7.33. The Bertz CT molecular complexity index is 663. The zero-order valence-electron chi connectivity index (χ0n) is 13.2. The zero-order chi connectivity index (χ0) is 16.1. The number of ether oxygens (including phenoxy) is 1. The van der Waals surface area contributed by atoms with Gasteiger partial charge < -0.3 is 4.74 Å². The molecule has 0 amide bonds. The van der Waals surface area contributed by atoms with Crippen molar-refractivity contribution >= 4 is 11.6 Å². The molecule has 0 fully saturated rings. The molecule has 2 aromatic rings. The van der Waals surface area contributed by atoms with Crippen molar-refractivity contribution in [1.29, 1.82) is 5.26 Å². The third-order valence-electron chi connectivity index (χ3n) is 3.73. The molecule has 0 N–H and O–H groups in total. The van der Waals surface area contributed by atoms with Gasteiger partial charge in [-0.25, -0.2) is 0 Å². The summed E-state index contributed by atoms with van der Waals surface area (Å²) >= 11 is 5.85. The molecular formula is C19H20ClNO. The summed E-state index contributed by atoms with van der Waals surface area (Å²) in [7, 11) is 0. The third kappa shape index (κ3) is 4.02. The molecular weight excluding hydrogens is 294 g/mol. The summed E-state index contributed by atoms with van der Waals surface area (Å²) in [6, 6.07) is 14.0. The third-order valence-corrected chi connectivity index (χ3v) is 3.98. The lowest BCUT2D eigenvalue weighted by Crippen LogP contribution is -2.08. The Labute approximate surface area is 137 Å². The van der Waals surface area contributed by atoms with Crippen LogP contribution in [0.3, 0.4) is 0 Å². The number of aryl methyl sites for hydroxylation is 3. The first-order valence-electron chi connectivity index (χ1n) is 7.37. The van der Waals surface area contributed by atoms with Gasteiger partial charge in [0, 0.05) is 11.4 Å². The van der Waals surface area contributed by atoms with E-state index in [2.05, 4.69) is 39.0 Å². The Morgan fingerprint density at radius 1 is 1.09 bits per heavy atom. The summed E-state index contributed by atoms with van der Waals surface area (Å²) in [5.74, 6) is 0.631. The molecule has 0 saturated heterocycles. The SMILES string of the molecule is Cc1cc(C)c(C(C#N)CCOc2ccc(Cl)cc2)c(C)c1. The maximum absolute atomic E-state index is 9.51. The van der Waals surface area contributed by atoms with Crippen molar-refractivity contribution in [1.82, 2.24) is 0 Å². The first-order valence-corrected chi connectivity index (χ1v) is 7.75. The molecule has 0 spiro atoms. The highest BCUT2D eigenvalue weighted by Crippen LogP contribution is 2.27. The highest BCUT2D eigenvalue weighted by Gasteiger charge is 2.16. The van der Waals surface area contributed by atoms with E-state index in [1.807, 2.05) is 12.1 Å². The van der Waals surface area contributed by atoms with Gasteiger partial charge in [-0.15, -0.1) is 0 Å². The van der Waals surface area contributed by atoms with Gasteiger partial charge in [0.15, 0.2) is 0 Å². The molecule has 0 aliphatic carbocycles. The molecule has 2 aromatic carbocycles. The van der Waals surface area contributed by atoms with Crippen LogP contribution >= 0.6 is 11.6 Å². The van der Waals surface area contributed by atoms with E-state index in [0.717, 1.165) is 11.3 Å². The zero-order valence-corrected chi connectivity index (χ0v) is 13.9. The van der Waals surface area contributed by atoms with Crippen LogP contribution in [0.2, 0.25) is 5.02 Å². The van der Waals surface area contributed by atoms with Gasteiger partial charge in [-0.1, -0.05) is 29.3 Å². The van der Waals surface area contributed by atoms with Gasteiger partial charge in [0.1, 0.15) is 5.75 Å². The minimum absolute atomic E-state index is 0.145. The minimum Gasteiger partial charge on any atom is -0.494 e. The predicted molar refractivity (Wildman–Crippen MR) is 90.6 cm³/mol. The second-order valence-electron chi connectivity index (χ2n) is 5.59. The fourth-order valence-electron chi connectivity index (χ4n) is 2.84. The van der Waals surface area contributed by atoms with Crippen molar-refractivity contribution in [2.45, 2.75) is 33.1 Å². The van der Waals surface area contributed by atoms with Gasteiger partial charge in [0.2, 0.25) is 0 Å². The van der Waals surface area contributed by atoms with Crippen molar-refractivity contribution in [3.8, 4) is 11.8 Å². The van der Waals surface area contributed by atoms with Crippen LogP contribution in [0, 0.1) is 32.1 Å². The number of halogens is 1. The normalized spacial score (nSPS) is 11.8. The van der Waals surface area contributed by atoms with Crippen molar-refractivity contribution in [2.75, 3.05) is 6.61 Å². The molecule has 0 saturated carbocycles. The lowest BCUT2D eigenvalue weighted by atomic mass is 9.88. The van der Waals surface area contributed by atoms with Gasteiger partial charge in [0.25, 0.3) is 0 Å². The summed E-state index contributed by atoms with van der Waals surface area (Å²) in [6.07, 6.45) is 0.671. The minimum atomic E-state index is -0.145. The first-order chi connectivity index (χ1) is 10.5. The highest BCUT2D eigenvalue weighted by molar-refractivity contribution is 6.30. The van der Waals surface area contributed by atoms with Gasteiger partial charge >= 0.3 is 0 Å². The van der Waals surface area contributed by atoms with Crippen LogP contribution in [0.4, 0.5) is 0 Å². The predicted octanol–water partition coefficient (Wildman–Crippen LogP) is 5.34. The number of hydrogen-bond acceptors (Lipinski definition) is 2. The Hall–Kier alpha value is -1.98. The Morgan fingerprint density at radius 2 is 1.68 bits per heavy atom. The molecule has 22 heavy (non-hydrogen) atoms. The molecule has 0 heterocycles. The van der Waals surface area contributed by atoms with Crippen LogP contribution < -0.4 is 4.74 Å². The average molecular weight is 314 g/mol. The van der Waals surface area contributed by atoms with E-state index >= 15 is 0 Å². The molecule has 0 aliphatic heterocycles. The van der Waals surface area contributed by atoms with Crippen LogP contribution in [0.15, 0.2) is 36.4 Å². The van der Waals surface area contributed by atoms with E-state index in [0.29, 0.717) is 18.1 Å².